The van der Waals surface area contributed by atoms with E-state index in [1.807, 2.05) is 0 Å². The fraction of sp³-hybridized carbons (Fsp3) is 0.143. The first kappa shape index (κ1) is 22.5. The zero-order valence-electron chi connectivity index (χ0n) is 16.7. The molecule has 162 valence electrons. The van der Waals surface area contributed by atoms with Crippen LogP contribution >= 0.6 is 11.6 Å². The van der Waals surface area contributed by atoms with Crippen molar-refractivity contribution in [3.63, 3.8) is 0 Å². The second-order valence-electron chi connectivity index (χ2n) is 6.48. The molecule has 31 heavy (non-hydrogen) atoms. The smallest absolute Gasteiger partial charge is 0.264 e. The number of aromatic nitrogens is 1. The molecule has 0 saturated heterocycles. The lowest BCUT2D eigenvalue weighted by Gasteiger charge is -2.20. The van der Waals surface area contributed by atoms with Gasteiger partial charge in [0.25, 0.3) is 15.9 Å². The Morgan fingerprint density at radius 3 is 2.55 bits per heavy atom. The molecular weight excluding hydrogens is 445 g/mol. The Hall–Kier alpha value is -3.17. The first-order chi connectivity index (χ1) is 14.7. The van der Waals surface area contributed by atoms with Crippen LogP contribution in [0.15, 0.2) is 65.7 Å². The number of halogens is 2. The molecule has 1 aromatic heterocycles. The Kier molecular flexibility index (Phi) is 6.77. The number of carbonyl (C=O) groups is 1. The lowest BCUT2D eigenvalue weighted by Crippen LogP contribution is -2.27. The Labute approximate surface area is 184 Å². The molecule has 0 radical (unpaired) electrons. The zero-order valence-corrected chi connectivity index (χ0v) is 18.2. The van der Waals surface area contributed by atoms with Gasteiger partial charge < -0.3 is 10.1 Å². The quantitative estimate of drug-likeness (QED) is 0.578. The van der Waals surface area contributed by atoms with Gasteiger partial charge in [-0.1, -0.05) is 11.6 Å². The number of pyridine rings is 1. The number of rotatable bonds is 7. The largest absolute Gasteiger partial charge is 0.481 e. The number of anilines is 1. The molecule has 0 atom stereocenters. The first-order valence-electron chi connectivity index (χ1n) is 9.03. The molecule has 10 heteroatoms. The molecular formula is C21H19ClFN3O4S. The summed E-state index contributed by atoms with van der Waals surface area (Å²) in [5.74, 6) is -0.615. The SMILES string of the molecule is COc1cc(CNC(=O)c2cc(S(=O)(=O)N(C)c3ccc(F)cc3)ccc2Cl)ccn1. The third-order valence-corrected chi connectivity index (χ3v) is 6.60. The molecule has 3 rings (SSSR count). The molecule has 0 saturated carbocycles. The number of amides is 1. The minimum Gasteiger partial charge on any atom is -0.481 e. The molecule has 0 spiro atoms. The van der Waals surface area contributed by atoms with E-state index in [4.69, 9.17) is 16.3 Å². The number of ether oxygens (including phenoxy) is 1. The van der Waals surface area contributed by atoms with Crippen molar-refractivity contribution < 1.29 is 22.3 Å². The van der Waals surface area contributed by atoms with Crippen LogP contribution in [-0.2, 0) is 16.6 Å². The standard InChI is InChI=1S/C21H19ClFN3O4S/c1-26(16-5-3-15(23)4-6-16)31(28,29)17-7-8-19(22)18(12-17)21(27)25-13-14-9-10-24-20(11-14)30-2/h3-12H,13H2,1-2H3,(H,25,27). The highest BCUT2D eigenvalue weighted by Gasteiger charge is 2.24. The molecule has 1 N–H and O–H groups in total. The number of nitrogens with one attached hydrogen (secondary N) is 1. The van der Waals surface area contributed by atoms with E-state index in [2.05, 4.69) is 10.3 Å². The van der Waals surface area contributed by atoms with Gasteiger partial charge in [-0.2, -0.15) is 0 Å². The Bertz CT molecular complexity index is 1200. The molecule has 0 aliphatic rings. The zero-order chi connectivity index (χ0) is 22.6. The van der Waals surface area contributed by atoms with Crippen LogP contribution in [0.1, 0.15) is 15.9 Å². The van der Waals surface area contributed by atoms with Gasteiger partial charge in [0.2, 0.25) is 5.88 Å². The van der Waals surface area contributed by atoms with Gasteiger partial charge in [-0.05, 0) is 54.1 Å². The highest BCUT2D eigenvalue weighted by atomic mass is 35.5. The summed E-state index contributed by atoms with van der Waals surface area (Å²) >= 11 is 6.14. The van der Waals surface area contributed by atoms with Gasteiger partial charge in [0.1, 0.15) is 5.82 Å². The predicted molar refractivity (Wildman–Crippen MR) is 115 cm³/mol. The van der Waals surface area contributed by atoms with Gasteiger partial charge in [0.15, 0.2) is 0 Å². The summed E-state index contributed by atoms with van der Waals surface area (Å²) in [6.45, 7) is 0.167. The van der Waals surface area contributed by atoms with Crippen LogP contribution in [0.5, 0.6) is 5.88 Å². The van der Waals surface area contributed by atoms with Gasteiger partial charge in [-0.15, -0.1) is 0 Å². The van der Waals surface area contributed by atoms with Gasteiger partial charge in [-0.25, -0.2) is 17.8 Å². The minimum atomic E-state index is -4.01. The van der Waals surface area contributed by atoms with E-state index in [9.17, 15) is 17.6 Å². The lowest BCUT2D eigenvalue weighted by atomic mass is 10.2. The first-order valence-corrected chi connectivity index (χ1v) is 10.9. The van der Waals surface area contributed by atoms with Crippen LogP contribution in [-0.4, -0.2) is 33.5 Å². The number of nitrogens with zero attached hydrogens (tertiary/aromatic N) is 2. The van der Waals surface area contributed by atoms with E-state index in [1.165, 1.54) is 44.5 Å². The summed E-state index contributed by atoms with van der Waals surface area (Å²) in [5, 5.41) is 2.80. The number of benzene rings is 2. The average Bonchev–Trinajstić information content (AvgIpc) is 2.77. The van der Waals surface area contributed by atoms with E-state index < -0.39 is 21.7 Å². The average molecular weight is 464 g/mol. The molecule has 0 unspecified atom stereocenters. The lowest BCUT2D eigenvalue weighted by molar-refractivity contribution is 0.0950. The Morgan fingerprint density at radius 1 is 1.16 bits per heavy atom. The van der Waals surface area contributed by atoms with E-state index in [0.717, 1.165) is 22.0 Å². The number of sulfonamides is 1. The van der Waals surface area contributed by atoms with Crippen LogP contribution in [0.2, 0.25) is 5.02 Å². The van der Waals surface area contributed by atoms with Crippen molar-refractivity contribution >= 4 is 33.2 Å². The molecule has 1 amide bonds. The number of carbonyl (C=O) groups excluding carboxylic acids is 1. The van der Waals surface area contributed by atoms with Crippen molar-refractivity contribution in [1.82, 2.24) is 10.3 Å². The second kappa shape index (κ2) is 9.32. The van der Waals surface area contributed by atoms with Crippen LogP contribution in [0.4, 0.5) is 10.1 Å². The Morgan fingerprint density at radius 2 is 1.87 bits per heavy atom. The van der Waals surface area contributed by atoms with Gasteiger partial charge in [-0.3, -0.25) is 9.10 Å². The molecule has 0 aliphatic heterocycles. The fourth-order valence-corrected chi connectivity index (χ4v) is 4.16. The third-order valence-electron chi connectivity index (χ3n) is 4.49. The molecule has 0 aliphatic carbocycles. The molecule has 0 fully saturated rings. The molecule has 0 bridgehead atoms. The summed E-state index contributed by atoms with van der Waals surface area (Å²) in [4.78, 5) is 16.5. The van der Waals surface area contributed by atoms with Crippen LogP contribution in [0.25, 0.3) is 0 Å². The fourth-order valence-electron chi connectivity index (χ4n) is 2.74. The van der Waals surface area contributed by atoms with E-state index in [1.54, 1.807) is 18.3 Å². The second-order valence-corrected chi connectivity index (χ2v) is 8.86. The number of hydrogen-bond donors (Lipinski definition) is 1. The van der Waals surface area contributed by atoms with Gasteiger partial charge in [0.05, 0.1) is 28.3 Å². The van der Waals surface area contributed by atoms with Crippen molar-refractivity contribution in [2.75, 3.05) is 18.5 Å². The van der Waals surface area contributed by atoms with Crippen molar-refractivity contribution in [2.45, 2.75) is 11.4 Å². The summed E-state index contributed by atoms with van der Waals surface area (Å²) < 4.78 is 45.2. The number of methoxy groups -OCH3 is 1. The van der Waals surface area contributed by atoms with E-state index >= 15 is 0 Å². The third kappa shape index (κ3) is 5.12. The Balaban J connectivity index is 1.83. The van der Waals surface area contributed by atoms with Gasteiger partial charge in [0, 0.05) is 25.9 Å². The molecule has 1 heterocycles. The highest BCUT2D eigenvalue weighted by molar-refractivity contribution is 7.92. The minimum absolute atomic E-state index is 0.0104. The van der Waals surface area contributed by atoms with Crippen molar-refractivity contribution in [3.05, 3.63) is 82.8 Å². The van der Waals surface area contributed by atoms with Crippen molar-refractivity contribution in [3.8, 4) is 5.88 Å². The van der Waals surface area contributed by atoms with Crippen LogP contribution < -0.4 is 14.4 Å². The maximum absolute atomic E-state index is 13.2. The molecule has 3 aromatic rings. The van der Waals surface area contributed by atoms with Crippen LogP contribution in [0, 0.1) is 5.82 Å². The molecule has 7 nitrogen and oxygen atoms in total. The van der Waals surface area contributed by atoms with E-state index in [0.29, 0.717) is 5.88 Å². The summed E-state index contributed by atoms with van der Waals surface area (Å²) in [7, 11) is -1.18. The topological polar surface area (TPSA) is 88.6 Å². The summed E-state index contributed by atoms with van der Waals surface area (Å²) in [6, 6.07) is 12.3. The van der Waals surface area contributed by atoms with Crippen molar-refractivity contribution in [2.24, 2.45) is 0 Å². The number of hydrogen-bond acceptors (Lipinski definition) is 5. The van der Waals surface area contributed by atoms with Crippen LogP contribution in [0.3, 0.4) is 0 Å². The molecule has 2 aromatic carbocycles. The maximum Gasteiger partial charge on any atom is 0.264 e. The highest BCUT2D eigenvalue weighted by Crippen LogP contribution is 2.26. The van der Waals surface area contributed by atoms with Crippen molar-refractivity contribution in [1.29, 1.82) is 0 Å². The monoisotopic (exact) mass is 463 g/mol. The maximum atomic E-state index is 13.2. The predicted octanol–water partition coefficient (Wildman–Crippen LogP) is 3.64. The normalized spacial score (nSPS) is 11.1. The summed E-state index contributed by atoms with van der Waals surface area (Å²) in [6.07, 6.45) is 1.55. The van der Waals surface area contributed by atoms with E-state index in [-0.39, 0.29) is 27.7 Å². The summed E-state index contributed by atoms with van der Waals surface area (Å²) in [5.41, 5.74) is 1.03. The van der Waals surface area contributed by atoms with Gasteiger partial charge >= 0.3 is 0 Å².